The first-order valence-electron chi connectivity index (χ1n) is 7.59. The van der Waals surface area contributed by atoms with Crippen molar-refractivity contribution in [2.75, 3.05) is 11.9 Å². The van der Waals surface area contributed by atoms with E-state index in [9.17, 15) is 0 Å². The predicted molar refractivity (Wildman–Crippen MR) is 93.6 cm³/mol. The Morgan fingerprint density at radius 1 is 1.29 bits per heavy atom. The molecule has 0 amide bonds. The summed E-state index contributed by atoms with van der Waals surface area (Å²) in [5.41, 5.74) is 0.254. The Morgan fingerprint density at radius 3 is 2.76 bits per heavy atom. The molecule has 2 aromatic rings. The van der Waals surface area contributed by atoms with E-state index in [1.165, 1.54) is 30.6 Å². The number of hydrogen-bond donors (Lipinski definition) is 1. The Kier molecular flexibility index (Phi) is 5.44. The van der Waals surface area contributed by atoms with Crippen LogP contribution in [0.5, 0.6) is 0 Å². The van der Waals surface area contributed by atoms with E-state index in [-0.39, 0.29) is 5.41 Å². The van der Waals surface area contributed by atoms with Crippen molar-refractivity contribution in [3.8, 4) is 0 Å². The highest BCUT2D eigenvalue weighted by atomic mass is 35.5. The second-order valence-electron chi connectivity index (χ2n) is 6.39. The molecule has 0 aliphatic carbocycles. The van der Waals surface area contributed by atoms with Gasteiger partial charge in [-0.3, -0.25) is 0 Å². The standard InChI is InChI=1S/C16H24ClN3S/c1-5-6-7-8-16(3,4)10-18-13-12-9-11(2)21-14(12)20-15(17)19-13/h9H,5-8,10H2,1-4H3,(H,18,19,20). The number of halogens is 1. The van der Waals surface area contributed by atoms with Gasteiger partial charge in [0.15, 0.2) is 0 Å². The minimum Gasteiger partial charge on any atom is -0.369 e. The minimum absolute atomic E-state index is 0.254. The van der Waals surface area contributed by atoms with Crippen LogP contribution in [0.3, 0.4) is 0 Å². The highest BCUT2D eigenvalue weighted by molar-refractivity contribution is 7.18. The lowest BCUT2D eigenvalue weighted by atomic mass is 9.87. The van der Waals surface area contributed by atoms with Gasteiger partial charge in [0.2, 0.25) is 5.28 Å². The number of aryl methyl sites for hydroxylation is 1. The van der Waals surface area contributed by atoms with E-state index in [0.29, 0.717) is 5.28 Å². The second kappa shape index (κ2) is 6.93. The summed E-state index contributed by atoms with van der Waals surface area (Å²) < 4.78 is 0. The number of unbranched alkanes of at least 4 members (excludes halogenated alkanes) is 2. The lowest BCUT2D eigenvalue weighted by Crippen LogP contribution is -2.23. The van der Waals surface area contributed by atoms with Crippen molar-refractivity contribution in [2.24, 2.45) is 5.41 Å². The molecule has 5 heteroatoms. The average Bonchev–Trinajstić information content (AvgIpc) is 2.76. The fraction of sp³-hybridized carbons (Fsp3) is 0.625. The van der Waals surface area contributed by atoms with Gasteiger partial charge < -0.3 is 5.32 Å². The SMILES string of the molecule is CCCCCC(C)(C)CNc1nc(Cl)nc2sc(C)cc12. The van der Waals surface area contributed by atoms with Crippen molar-refractivity contribution >= 4 is 39.0 Å². The first-order chi connectivity index (χ1) is 9.91. The van der Waals surface area contributed by atoms with Gasteiger partial charge in [0.1, 0.15) is 10.6 Å². The topological polar surface area (TPSA) is 37.8 Å². The van der Waals surface area contributed by atoms with Gasteiger partial charge in [-0.2, -0.15) is 0 Å². The molecule has 0 spiro atoms. The van der Waals surface area contributed by atoms with E-state index < -0.39 is 0 Å². The van der Waals surface area contributed by atoms with Crippen LogP contribution in [-0.2, 0) is 0 Å². The highest BCUT2D eigenvalue weighted by Crippen LogP contribution is 2.31. The molecule has 0 unspecified atom stereocenters. The molecule has 0 fully saturated rings. The van der Waals surface area contributed by atoms with Gasteiger partial charge in [0.05, 0.1) is 5.39 Å². The van der Waals surface area contributed by atoms with Crippen molar-refractivity contribution < 1.29 is 0 Å². The van der Waals surface area contributed by atoms with Crippen LogP contribution in [0.2, 0.25) is 5.28 Å². The molecule has 0 aromatic carbocycles. The summed E-state index contributed by atoms with van der Waals surface area (Å²) >= 11 is 7.69. The maximum atomic E-state index is 6.03. The monoisotopic (exact) mass is 325 g/mol. The van der Waals surface area contributed by atoms with Crippen molar-refractivity contribution in [3.63, 3.8) is 0 Å². The molecule has 0 saturated heterocycles. The third-order valence-corrected chi connectivity index (χ3v) is 4.79. The normalized spacial score (nSPS) is 12.0. The Hall–Kier alpha value is -0.870. The number of thiophene rings is 1. The third kappa shape index (κ3) is 4.55. The van der Waals surface area contributed by atoms with E-state index in [1.807, 2.05) is 0 Å². The van der Waals surface area contributed by atoms with Crippen LogP contribution in [0, 0.1) is 12.3 Å². The average molecular weight is 326 g/mol. The van der Waals surface area contributed by atoms with Gasteiger partial charge >= 0.3 is 0 Å². The molecule has 0 aliphatic heterocycles. The van der Waals surface area contributed by atoms with Gasteiger partial charge in [-0.05, 0) is 36.4 Å². The maximum Gasteiger partial charge on any atom is 0.225 e. The van der Waals surface area contributed by atoms with E-state index >= 15 is 0 Å². The van der Waals surface area contributed by atoms with Gasteiger partial charge in [0.25, 0.3) is 0 Å². The van der Waals surface area contributed by atoms with Crippen molar-refractivity contribution in [1.82, 2.24) is 9.97 Å². The first-order valence-corrected chi connectivity index (χ1v) is 8.78. The minimum atomic E-state index is 0.254. The van der Waals surface area contributed by atoms with Gasteiger partial charge in [-0.1, -0.05) is 40.0 Å². The summed E-state index contributed by atoms with van der Waals surface area (Å²) in [5, 5.41) is 4.87. The molecule has 0 atom stereocenters. The summed E-state index contributed by atoms with van der Waals surface area (Å²) in [4.78, 5) is 10.8. The zero-order chi connectivity index (χ0) is 15.5. The summed E-state index contributed by atoms with van der Waals surface area (Å²) in [6.45, 7) is 9.82. The molecular weight excluding hydrogens is 302 g/mol. The number of hydrogen-bond acceptors (Lipinski definition) is 4. The Bertz CT molecular complexity index is 607. The molecule has 0 aliphatic rings. The number of aromatic nitrogens is 2. The second-order valence-corrected chi connectivity index (χ2v) is 7.96. The molecule has 0 bridgehead atoms. The van der Waals surface area contributed by atoms with Crippen molar-refractivity contribution in [1.29, 1.82) is 0 Å². The van der Waals surface area contributed by atoms with Crippen LogP contribution in [-0.4, -0.2) is 16.5 Å². The molecule has 0 radical (unpaired) electrons. The summed E-state index contributed by atoms with van der Waals surface area (Å²) in [5.74, 6) is 0.859. The highest BCUT2D eigenvalue weighted by Gasteiger charge is 2.18. The quantitative estimate of drug-likeness (QED) is 0.526. The number of rotatable bonds is 7. The molecule has 0 saturated carbocycles. The summed E-state index contributed by atoms with van der Waals surface area (Å²) in [6.07, 6.45) is 5.07. The molecule has 2 heterocycles. The molecule has 3 nitrogen and oxygen atoms in total. The Labute approximate surface area is 136 Å². The summed E-state index contributed by atoms with van der Waals surface area (Å²) in [7, 11) is 0. The zero-order valence-corrected chi connectivity index (χ0v) is 14.9. The number of nitrogens with one attached hydrogen (secondary N) is 1. The third-order valence-electron chi connectivity index (χ3n) is 3.68. The van der Waals surface area contributed by atoms with Gasteiger partial charge in [0, 0.05) is 11.4 Å². The summed E-state index contributed by atoms with van der Waals surface area (Å²) in [6, 6.07) is 2.13. The van der Waals surface area contributed by atoms with Crippen LogP contribution in [0.15, 0.2) is 6.07 Å². The fourth-order valence-corrected chi connectivity index (χ4v) is 3.51. The predicted octanol–water partition coefficient (Wildman–Crippen LogP) is 5.67. The van der Waals surface area contributed by atoms with E-state index in [0.717, 1.165) is 22.6 Å². The fourth-order valence-electron chi connectivity index (χ4n) is 2.42. The van der Waals surface area contributed by atoms with Crippen molar-refractivity contribution in [2.45, 2.75) is 53.4 Å². The molecule has 21 heavy (non-hydrogen) atoms. The Balaban J connectivity index is 2.09. The number of fused-ring (bicyclic) bond motifs is 1. The lowest BCUT2D eigenvalue weighted by molar-refractivity contribution is 0.342. The van der Waals surface area contributed by atoms with Crippen molar-refractivity contribution in [3.05, 3.63) is 16.2 Å². The van der Waals surface area contributed by atoms with Crippen LogP contribution >= 0.6 is 22.9 Å². The van der Waals surface area contributed by atoms with E-state index in [2.05, 4.69) is 49.0 Å². The number of anilines is 1. The maximum absolute atomic E-state index is 6.03. The molecule has 2 aromatic heterocycles. The van der Waals surface area contributed by atoms with Gasteiger partial charge in [-0.25, -0.2) is 9.97 Å². The van der Waals surface area contributed by atoms with Crippen LogP contribution in [0.4, 0.5) is 5.82 Å². The van der Waals surface area contributed by atoms with Gasteiger partial charge in [-0.15, -0.1) is 11.3 Å². The van der Waals surface area contributed by atoms with Crippen LogP contribution < -0.4 is 5.32 Å². The molecule has 116 valence electrons. The Morgan fingerprint density at radius 2 is 2.05 bits per heavy atom. The smallest absolute Gasteiger partial charge is 0.225 e. The molecular formula is C16H24ClN3S. The lowest BCUT2D eigenvalue weighted by Gasteiger charge is -2.25. The molecule has 1 N–H and O–H groups in total. The number of nitrogens with zero attached hydrogens (tertiary/aromatic N) is 2. The first kappa shape index (κ1) is 16.5. The largest absolute Gasteiger partial charge is 0.369 e. The van der Waals surface area contributed by atoms with Crippen LogP contribution in [0.1, 0.15) is 51.3 Å². The van der Waals surface area contributed by atoms with E-state index in [1.54, 1.807) is 11.3 Å². The zero-order valence-electron chi connectivity index (χ0n) is 13.3. The van der Waals surface area contributed by atoms with Crippen LogP contribution in [0.25, 0.3) is 10.2 Å². The van der Waals surface area contributed by atoms with E-state index in [4.69, 9.17) is 11.6 Å². The molecule has 2 rings (SSSR count).